The fraction of sp³-hybridized carbons (Fsp3) is 0.593. The minimum absolute atomic E-state index is 0. The molecule has 16 nitrogen and oxygen atoms in total. The zero-order valence-electron chi connectivity index (χ0n) is 48.6. The molecule has 4 amide bonds. The number of benzene rings is 2. The number of anilines is 6. The van der Waals surface area contributed by atoms with Crippen molar-refractivity contribution >= 4 is 95.4 Å². The van der Waals surface area contributed by atoms with E-state index in [-0.39, 0.29) is 39.5 Å². The number of alkyl halides is 3. The van der Waals surface area contributed by atoms with Crippen molar-refractivity contribution in [3.8, 4) is 11.1 Å². The molecule has 0 unspecified atom stereocenters. The van der Waals surface area contributed by atoms with Gasteiger partial charge < -0.3 is 59.6 Å². The van der Waals surface area contributed by atoms with Crippen molar-refractivity contribution in [2.75, 3.05) is 110 Å². The van der Waals surface area contributed by atoms with E-state index in [1.807, 2.05) is 51.7 Å². The Hall–Kier alpha value is -4.75. The summed E-state index contributed by atoms with van der Waals surface area (Å²) in [5, 5.41) is 12.7. The number of pyridine rings is 2. The summed E-state index contributed by atoms with van der Waals surface area (Å²) < 4.78 is 62.0. The predicted octanol–water partition coefficient (Wildman–Crippen LogP) is 12.2. The van der Waals surface area contributed by atoms with E-state index in [4.69, 9.17) is 23.8 Å². The third-order valence-electron chi connectivity index (χ3n) is 15.2. The summed E-state index contributed by atoms with van der Waals surface area (Å²) >= 11 is 2.34. The molecule has 2 aromatic carbocycles. The zero-order chi connectivity index (χ0) is 57.2. The maximum Gasteiger partial charge on any atom is 0.495 e. The van der Waals surface area contributed by atoms with E-state index in [0.717, 1.165) is 135 Å². The van der Waals surface area contributed by atoms with E-state index >= 15 is 0 Å². The van der Waals surface area contributed by atoms with Crippen molar-refractivity contribution in [1.82, 2.24) is 19.8 Å². The highest BCUT2D eigenvalue weighted by Crippen LogP contribution is 2.38. The second-order valence-corrected chi connectivity index (χ2v) is 24.1. The molecule has 5 saturated heterocycles. The Kier molecular flexibility index (Phi) is 24.6. The number of aromatic nitrogens is 2. The van der Waals surface area contributed by atoms with Crippen molar-refractivity contribution in [3.05, 3.63) is 75.4 Å². The number of ether oxygens (including phenoxy) is 2. The Balaban J connectivity index is 0.000000231. The van der Waals surface area contributed by atoms with Gasteiger partial charge in [0.15, 0.2) is 0 Å². The van der Waals surface area contributed by atoms with E-state index in [1.54, 1.807) is 12.1 Å². The van der Waals surface area contributed by atoms with Gasteiger partial charge in [0, 0.05) is 85.8 Å². The average molecular weight is 1260 g/mol. The lowest BCUT2D eigenvalue weighted by atomic mass is 9.76. The number of carbonyl (C=O) groups is 2. The van der Waals surface area contributed by atoms with Crippen LogP contribution in [0.1, 0.15) is 107 Å². The molecule has 7 heterocycles. The number of hydrogen-bond donors (Lipinski definition) is 4. The van der Waals surface area contributed by atoms with Crippen LogP contribution in [0.3, 0.4) is 0 Å². The minimum atomic E-state index is -4.20. The van der Waals surface area contributed by atoms with Crippen LogP contribution in [0.4, 0.5) is 57.4 Å². The van der Waals surface area contributed by atoms with Gasteiger partial charge >= 0.3 is 25.4 Å². The Morgan fingerprint density at radius 1 is 0.691 bits per heavy atom. The largest absolute Gasteiger partial charge is 0.495 e. The normalized spacial score (nSPS) is 19.4. The molecule has 2 atom stereocenters. The quantitative estimate of drug-likeness (QED) is 0.0787. The molecule has 9 rings (SSSR count). The molecule has 5 fully saturated rings. The molecule has 0 spiro atoms. The van der Waals surface area contributed by atoms with Gasteiger partial charge in [-0.25, -0.2) is 19.6 Å². The van der Waals surface area contributed by atoms with Gasteiger partial charge in [0.1, 0.15) is 23.3 Å². The van der Waals surface area contributed by atoms with Gasteiger partial charge in [-0.05, 0) is 187 Å². The van der Waals surface area contributed by atoms with Gasteiger partial charge in [0.05, 0.1) is 37.6 Å². The van der Waals surface area contributed by atoms with Crippen LogP contribution in [0.15, 0.2) is 60.7 Å². The first-order valence-corrected chi connectivity index (χ1v) is 29.1. The molecule has 0 radical (unpaired) electrons. The Morgan fingerprint density at radius 2 is 1.16 bits per heavy atom. The van der Waals surface area contributed by atoms with Crippen LogP contribution in [-0.2, 0) is 18.8 Å². The maximum absolute atomic E-state index is 12.8. The number of morpholine rings is 2. The van der Waals surface area contributed by atoms with Crippen LogP contribution >= 0.6 is 36.1 Å². The Labute approximate surface area is 500 Å². The molecule has 4 N–H and O–H groups in total. The van der Waals surface area contributed by atoms with E-state index in [1.165, 1.54) is 8.47 Å². The first kappa shape index (κ1) is 67.0. The molecule has 4 aromatic rings. The molecule has 0 saturated carbocycles. The molecule has 0 aliphatic carbocycles. The van der Waals surface area contributed by atoms with E-state index < -0.39 is 42.9 Å². The summed E-state index contributed by atoms with van der Waals surface area (Å²) in [6, 6.07) is 20.3. The molecule has 22 heteroatoms. The van der Waals surface area contributed by atoms with Crippen LogP contribution in [0.2, 0.25) is 0 Å². The lowest BCUT2D eigenvalue weighted by Crippen LogP contribution is -2.41. The lowest BCUT2D eigenvalue weighted by molar-refractivity contribution is -0.143. The van der Waals surface area contributed by atoms with Gasteiger partial charge in [0.2, 0.25) is 0 Å². The molecule has 81 heavy (non-hydrogen) atoms. The Bertz CT molecular complexity index is 2680. The van der Waals surface area contributed by atoms with Crippen molar-refractivity contribution in [2.45, 2.75) is 139 Å². The van der Waals surface area contributed by atoms with Gasteiger partial charge in [-0.15, -0.1) is 0 Å². The Morgan fingerprint density at radius 3 is 1.65 bits per heavy atom. The monoisotopic (exact) mass is 1260 g/mol. The number of hydrogen-bond acceptors (Lipinski definition) is 12. The standard InChI is InChI=1S/C26H37N5O2.C20H28BF3N2O3.C12H18IN3O.CH4.H2S/c1-5-20-8-9-31(17-20)26(32)28-22-7-6-19(4)23(16-22)21-14-24(27-18(2)3)29-25(15-21)30-10-12-33-13-11-30;1-13-6-7-15(10-16(13)21-28-18(2,3)19(4,5)29-21)25-17(27)26-9-8-14(12-26)11-20(22,23)24;1-9(2)14-11-7-10(13)8-12(15-11)16-3-5-17-6-4-16;;/h6-7,14-16,18,20H,5,8-13,17H2,1-4H3,(H,27,29)(H,28,32);6-7,10,14H,8-9,11-12H2,1-5H3,(H,25,27);7-9H,3-6H2,1-2H3,(H,14,15);1H4;1H2/t20-;14-;;;/m10.../s1. The average Bonchev–Trinajstić information content (AvgIpc) is 4.15. The highest BCUT2D eigenvalue weighted by Gasteiger charge is 2.52. The van der Waals surface area contributed by atoms with Gasteiger partial charge in [-0.2, -0.15) is 26.7 Å². The number of halogens is 4. The number of nitrogens with zero attached hydrogens (tertiary/aromatic N) is 6. The summed E-state index contributed by atoms with van der Waals surface area (Å²) in [7, 11) is -0.556. The smallest absolute Gasteiger partial charge is 0.399 e. The SMILES string of the molecule is C.CC(C)Nc1cc(I)cc(N2CCOCC2)n1.CC[C@@H]1CCN(C(=O)Nc2ccc(C)c(-c3cc(NC(C)C)nc(N4CCOCC4)c3)c2)C1.Cc1ccc(NC(=O)N2CC[C@@H](CC(F)(F)F)C2)cc1B1OC(C)(C)C(C)(C)O1.S. The highest BCUT2D eigenvalue weighted by atomic mass is 127. The molecular formula is C59H89BF3IN10O6S. The minimum Gasteiger partial charge on any atom is -0.399 e. The third kappa shape index (κ3) is 19.1. The molecule has 0 bridgehead atoms. The molecule has 5 aliphatic heterocycles. The summed E-state index contributed by atoms with van der Waals surface area (Å²) in [4.78, 5) is 42.8. The summed E-state index contributed by atoms with van der Waals surface area (Å²) in [5.74, 6) is 3.89. The number of amides is 4. The number of likely N-dealkylation sites (tertiary alicyclic amines) is 2. The second kappa shape index (κ2) is 29.7. The molecule has 2 aromatic heterocycles. The van der Waals surface area contributed by atoms with Crippen molar-refractivity contribution in [1.29, 1.82) is 0 Å². The van der Waals surface area contributed by atoms with Crippen LogP contribution < -0.4 is 36.5 Å². The fourth-order valence-electron chi connectivity index (χ4n) is 10.0. The number of carbonyl (C=O) groups excluding carboxylic acids is 2. The number of aryl methyl sites for hydroxylation is 2. The third-order valence-corrected chi connectivity index (χ3v) is 15.8. The number of rotatable bonds is 12. The predicted molar refractivity (Wildman–Crippen MR) is 337 cm³/mol. The molecular weight excluding hydrogens is 1170 g/mol. The van der Waals surface area contributed by atoms with Gasteiger partial charge in [0.25, 0.3) is 0 Å². The first-order valence-electron chi connectivity index (χ1n) is 28.0. The fourth-order valence-corrected chi connectivity index (χ4v) is 10.6. The van der Waals surface area contributed by atoms with Gasteiger partial charge in [-0.3, -0.25) is 0 Å². The van der Waals surface area contributed by atoms with Crippen LogP contribution in [-0.4, -0.2) is 147 Å². The van der Waals surface area contributed by atoms with Gasteiger partial charge in [-0.1, -0.05) is 38.5 Å². The van der Waals surface area contributed by atoms with E-state index in [0.29, 0.717) is 30.6 Å². The van der Waals surface area contributed by atoms with E-state index in [2.05, 4.69) is 137 Å². The first-order chi connectivity index (χ1) is 37.3. The topological polar surface area (TPSA) is 158 Å². The summed E-state index contributed by atoms with van der Waals surface area (Å²) in [6.45, 7) is 31.3. The van der Waals surface area contributed by atoms with Crippen molar-refractivity contribution < 1.29 is 41.5 Å². The van der Waals surface area contributed by atoms with Crippen LogP contribution in [0.5, 0.6) is 0 Å². The zero-order valence-corrected chi connectivity index (χ0v) is 51.8. The summed E-state index contributed by atoms with van der Waals surface area (Å²) in [5.41, 5.74) is 5.56. The number of urea groups is 2. The maximum atomic E-state index is 12.8. The number of nitrogens with one attached hydrogen (secondary N) is 4. The van der Waals surface area contributed by atoms with Crippen LogP contribution in [0.25, 0.3) is 11.1 Å². The van der Waals surface area contributed by atoms with Crippen LogP contribution in [0, 0.1) is 29.3 Å². The van der Waals surface area contributed by atoms with E-state index in [9.17, 15) is 22.8 Å². The molecule has 448 valence electrons. The second-order valence-electron chi connectivity index (χ2n) is 22.9. The summed E-state index contributed by atoms with van der Waals surface area (Å²) in [6.07, 6.45) is -2.48. The van der Waals surface area contributed by atoms with Crippen molar-refractivity contribution in [2.24, 2.45) is 11.8 Å². The van der Waals surface area contributed by atoms with Crippen molar-refractivity contribution in [3.63, 3.8) is 0 Å². The molecule has 5 aliphatic rings. The highest BCUT2D eigenvalue weighted by molar-refractivity contribution is 14.1. The lowest BCUT2D eigenvalue weighted by Gasteiger charge is -2.32.